The van der Waals surface area contributed by atoms with Crippen LogP contribution in [-0.4, -0.2) is 17.1 Å². The molecule has 0 saturated heterocycles. The molecule has 3 rings (SSSR count). The Kier molecular flexibility index (Phi) is 2.91. The van der Waals surface area contributed by atoms with E-state index in [1.807, 2.05) is 24.3 Å². The van der Waals surface area contributed by atoms with Crippen molar-refractivity contribution in [3.8, 4) is 5.75 Å². The summed E-state index contributed by atoms with van der Waals surface area (Å²) < 4.78 is 18.3. The summed E-state index contributed by atoms with van der Waals surface area (Å²) in [6.07, 6.45) is 0.578. The quantitative estimate of drug-likeness (QED) is 0.780. The molecule has 0 spiro atoms. The molecule has 0 aliphatic carbocycles. The molecule has 0 atom stereocenters. The molecule has 0 radical (unpaired) electrons. The molecule has 0 bridgehead atoms. The molecule has 1 aromatic heterocycles. The predicted octanol–water partition coefficient (Wildman–Crippen LogP) is 3.30. The van der Waals surface area contributed by atoms with Gasteiger partial charge in [0.1, 0.15) is 17.4 Å². The smallest absolute Gasteiger partial charge is 0.123 e. The van der Waals surface area contributed by atoms with Crippen LogP contribution in [0.5, 0.6) is 5.75 Å². The summed E-state index contributed by atoms with van der Waals surface area (Å²) in [5.41, 5.74) is 2.70. The monoisotopic (exact) mass is 256 g/mol. The van der Waals surface area contributed by atoms with Gasteiger partial charge in [-0.3, -0.25) is 0 Å². The molecule has 0 aliphatic rings. The van der Waals surface area contributed by atoms with Crippen molar-refractivity contribution in [3.05, 3.63) is 59.7 Å². The van der Waals surface area contributed by atoms with Gasteiger partial charge in [-0.05, 0) is 29.8 Å². The van der Waals surface area contributed by atoms with E-state index < -0.39 is 0 Å². The minimum Gasteiger partial charge on any atom is -0.497 e. The van der Waals surface area contributed by atoms with Gasteiger partial charge in [0.15, 0.2) is 0 Å². The Bertz CT molecular complexity index is 721. The fourth-order valence-electron chi connectivity index (χ4n) is 2.09. The first-order chi connectivity index (χ1) is 9.24. The maximum atomic E-state index is 13.1. The fraction of sp³-hybridized carbons (Fsp3) is 0.133. The first kappa shape index (κ1) is 11.7. The number of aromatic amines is 1. The van der Waals surface area contributed by atoms with Crippen LogP contribution in [0, 0.1) is 5.82 Å². The second kappa shape index (κ2) is 4.72. The van der Waals surface area contributed by atoms with Crippen LogP contribution in [0.1, 0.15) is 11.4 Å². The SMILES string of the molecule is COc1ccc2nc(Cc3cccc(F)c3)[nH]c2c1. The summed E-state index contributed by atoms with van der Waals surface area (Å²) in [7, 11) is 1.63. The largest absolute Gasteiger partial charge is 0.497 e. The molecule has 2 aromatic carbocycles. The highest BCUT2D eigenvalue weighted by Crippen LogP contribution is 2.19. The average Bonchev–Trinajstić information content (AvgIpc) is 2.79. The minimum atomic E-state index is -0.227. The Morgan fingerprint density at radius 3 is 2.89 bits per heavy atom. The number of fused-ring (bicyclic) bond motifs is 1. The molecule has 19 heavy (non-hydrogen) atoms. The van der Waals surface area contributed by atoms with E-state index in [4.69, 9.17) is 4.74 Å². The number of nitrogens with one attached hydrogen (secondary N) is 1. The summed E-state index contributed by atoms with van der Waals surface area (Å²) in [6, 6.07) is 12.2. The maximum absolute atomic E-state index is 13.1. The highest BCUT2D eigenvalue weighted by atomic mass is 19.1. The Morgan fingerprint density at radius 1 is 1.21 bits per heavy atom. The van der Waals surface area contributed by atoms with Crippen LogP contribution in [0.2, 0.25) is 0 Å². The zero-order valence-corrected chi connectivity index (χ0v) is 10.5. The van der Waals surface area contributed by atoms with Crippen molar-refractivity contribution in [1.82, 2.24) is 9.97 Å². The van der Waals surface area contributed by atoms with Crippen molar-refractivity contribution in [3.63, 3.8) is 0 Å². The third-order valence-corrected chi connectivity index (χ3v) is 3.00. The molecule has 96 valence electrons. The summed E-state index contributed by atoms with van der Waals surface area (Å²) >= 11 is 0. The Balaban J connectivity index is 1.93. The number of H-pyrrole nitrogens is 1. The van der Waals surface area contributed by atoms with E-state index in [9.17, 15) is 4.39 Å². The van der Waals surface area contributed by atoms with Crippen molar-refractivity contribution in [1.29, 1.82) is 0 Å². The number of hydrogen-bond acceptors (Lipinski definition) is 2. The number of benzene rings is 2. The lowest BCUT2D eigenvalue weighted by Crippen LogP contribution is -1.91. The van der Waals surface area contributed by atoms with Crippen molar-refractivity contribution < 1.29 is 9.13 Å². The number of nitrogens with zero attached hydrogens (tertiary/aromatic N) is 1. The van der Waals surface area contributed by atoms with E-state index in [0.29, 0.717) is 6.42 Å². The lowest BCUT2D eigenvalue weighted by molar-refractivity contribution is 0.415. The first-order valence-electron chi connectivity index (χ1n) is 6.02. The van der Waals surface area contributed by atoms with Gasteiger partial charge in [-0.1, -0.05) is 12.1 Å². The average molecular weight is 256 g/mol. The number of ether oxygens (including phenoxy) is 1. The van der Waals surface area contributed by atoms with E-state index in [2.05, 4.69) is 9.97 Å². The second-order valence-corrected chi connectivity index (χ2v) is 4.37. The Morgan fingerprint density at radius 2 is 2.11 bits per heavy atom. The molecule has 3 nitrogen and oxygen atoms in total. The normalized spacial score (nSPS) is 10.8. The molecule has 0 amide bonds. The van der Waals surface area contributed by atoms with Crippen LogP contribution in [0.3, 0.4) is 0 Å². The van der Waals surface area contributed by atoms with Crippen molar-refractivity contribution in [2.75, 3.05) is 7.11 Å². The highest BCUT2D eigenvalue weighted by molar-refractivity contribution is 5.76. The zero-order chi connectivity index (χ0) is 13.2. The summed E-state index contributed by atoms with van der Waals surface area (Å²) in [6.45, 7) is 0. The van der Waals surface area contributed by atoms with Gasteiger partial charge in [0.2, 0.25) is 0 Å². The standard InChI is InChI=1S/C15H13FN2O/c1-19-12-5-6-13-14(9-12)18-15(17-13)8-10-3-2-4-11(16)7-10/h2-7,9H,8H2,1H3,(H,17,18). The van der Waals surface area contributed by atoms with Crippen molar-refractivity contribution in [2.24, 2.45) is 0 Å². The van der Waals surface area contributed by atoms with Gasteiger partial charge in [0.25, 0.3) is 0 Å². The van der Waals surface area contributed by atoms with Crippen LogP contribution in [-0.2, 0) is 6.42 Å². The van der Waals surface area contributed by atoms with Crippen LogP contribution >= 0.6 is 0 Å². The van der Waals surface area contributed by atoms with Crippen molar-refractivity contribution in [2.45, 2.75) is 6.42 Å². The summed E-state index contributed by atoms with van der Waals surface area (Å²) in [4.78, 5) is 7.70. The Hall–Kier alpha value is -2.36. The van der Waals surface area contributed by atoms with E-state index >= 15 is 0 Å². The van der Waals surface area contributed by atoms with Crippen LogP contribution in [0.25, 0.3) is 11.0 Å². The predicted molar refractivity (Wildman–Crippen MR) is 71.9 cm³/mol. The van der Waals surface area contributed by atoms with Gasteiger partial charge in [-0.15, -0.1) is 0 Å². The summed E-state index contributed by atoms with van der Waals surface area (Å²) in [5.74, 6) is 1.37. The minimum absolute atomic E-state index is 0.227. The van der Waals surface area contributed by atoms with Gasteiger partial charge in [-0.2, -0.15) is 0 Å². The lowest BCUT2D eigenvalue weighted by atomic mass is 10.1. The number of halogens is 1. The lowest BCUT2D eigenvalue weighted by Gasteiger charge is -1.97. The molecule has 1 N–H and O–H groups in total. The van der Waals surface area contributed by atoms with Crippen LogP contribution in [0.4, 0.5) is 4.39 Å². The van der Waals surface area contributed by atoms with E-state index in [0.717, 1.165) is 28.2 Å². The molecule has 0 fully saturated rings. The van der Waals surface area contributed by atoms with Crippen molar-refractivity contribution >= 4 is 11.0 Å². The summed E-state index contributed by atoms with van der Waals surface area (Å²) in [5, 5.41) is 0. The third-order valence-electron chi connectivity index (χ3n) is 3.00. The van der Waals surface area contributed by atoms with Gasteiger partial charge < -0.3 is 9.72 Å². The van der Waals surface area contributed by atoms with E-state index in [1.54, 1.807) is 13.2 Å². The molecule has 0 saturated carbocycles. The molecule has 4 heteroatoms. The number of aromatic nitrogens is 2. The molecule has 3 aromatic rings. The van der Waals surface area contributed by atoms with Crippen LogP contribution in [0.15, 0.2) is 42.5 Å². The van der Waals surface area contributed by atoms with Gasteiger partial charge >= 0.3 is 0 Å². The van der Waals surface area contributed by atoms with Gasteiger partial charge in [-0.25, -0.2) is 9.37 Å². The van der Waals surface area contributed by atoms with E-state index in [-0.39, 0.29) is 5.82 Å². The second-order valence-electron chi connectivity index (χ2n) is 4.37. The molecular weight excluding hydrogens is 243 g/mol. The van der Waals surface area contributed by atoms with Gasteiger partial charge in [0, 0.05) is 12.5 Å². The van der Waals surface area contributed by atoms with E-state index in [1.165, 1.54) is 12.1 Å². The topological polar surface area (TPSA) is 37.9 Å². The van der Waals surface area contributed by atoms with Crippen LogP contribution < -0.4 is 4.74 Å². The van der Waals surface area contributed by atoms with Gasteiger partial charge in [0.05, 0.1) is 18.1 Å². The first-order valence-corrected chi connectivity index (χ1v) is 6.02. The highest BCUT2D eigenvalue weighted by Gasteiger charge is 2.05. The molecule has 0 unspecified atom stereocenters. The third kappa shape index (κ3) is 2.42. The number of imidazole rings is 1. The molecular formula is C15H13FN2O. The Labute approximate surface area is 110 Å². The molecule has 1 heterocycles. The molecule has 0 aliphatic heterocycles. The fourth-order valence-corrected chi connectivity index (χ4v) is 2.09. The zero-order valence-electron chi connectivity index (χ0n) is 10.5. The number of methoxy groups -OCH3 is 1. The number of rotatable bonds is 3. The number of hydrogen-bond donors (Lipinski definition) is 1. The maximum Gasteiger partial charge on any atom is 0.123 e.